The van der Waals surface area contributed by atoms with Crippen molar-refractivity contribution in [1.82, 2.24) is 19.8 Å². The van der Waals surface area contributed by atoms with Crippen molar-refractivity contribution >= 4 is 23.3 Å². The number of amides is 1. The lowest BCUT2D eigenvalue weighted by Crippen LogP contribution is -2.49. The van der Waals surface area contributed by atoms with Crippen LogP contribution in [0.15, 0.2) is 91.3 Å². The van der Waals surface area contributed by atoms with Crippen molar-refractivity contribution in [3.8, 4) is 0 Å². The van der Waals surface area contributed by atoms with Gasteiger partial charge in [-0.25, -0.2) is 4.98 Å². The normalized spacial score (nSPS) is 17.9. The highest BCUT2D eigenvalue weighted by Crippen LogP contribution is 2.42. The first-order chi connectivity index (χ1) is 19.1. The van der Waals surface area contributed by atoms with Crippen LogP contribution in [0, 0.1) is 0 Å². The van der Waals surface area contributed by atoms with Gasteiger partial charge in [0.05, 0.1) is 25.1 Å². The molecule has 1 N–H and O–H groups in total. The molecule has 0 saturated carbocycles. The Bertz CT molecular complexity index is 1350. The molecule has 6 rings (SSSR count). The van der Waals surface area contributed by atoms with Crippen molar-refractivity contribution < 1.29 is 4.79 Å². The van der Waals surface area contributed by atoms with E-state index in [9.17, 15) is 4.79 Å². The average Bonchev–Trinajstić information content (AvgIpc) is 3.37. The van der Waals surface area contributed by atoms with Crippen LogP contribution >= 0.6 is 11.6 Å². The van der Waals surface area contributed by atoms with Crippen LogP contribution in [0.25, 0.3) is 0 Å². The zero-order valence-corrected chi connectivity index (χ0v) is 22.9. The molecule has 2 aliphatic heterocycles. The number of nitrogens with one attached hydrogen (secondary N) is 1. The van der Waals surface area contributed by atoms with Crippen molar-refractivity contribution in [3.05, 3.63) is 119 Å². The first kappa shape index (κ1) is 25.8. The topological polar surface area (TPSA) is 53.4 Å². The number of carbonyl (C=O) groups is 1. The van der Waals surface area contributed by atoms with E-state index in [-0.39, 0.29) is 11.3 Å². The summed E-state index contributed by atoms with van der Waals surface area (Å²) in [5.74, 6) is 1.01. The average molecular weight is 540 g/mol. The van der Waals surface area contributed by atoms with Crippen LogP contribution in [0.4, 0.5) is 5.82 Å². The molecule has 39 heavy (non-hydrogen) atoms. The molecule has 7 heteroatoms. The van der Waals surface area contributed by atoms with E-state index in [1.165, 1.54) is 11.1 Å². The third-order valence-electron chi connectivity index (χ3n) is 8.23. The Morgan fingerprint density at radius 3 is 2.08 bits per heavy atom. The van der Waals surface area contributed by atoms with Crippen molar-refractivity contribution in [2.45, 2.75) is 31.3 Å². The van der Waals surface area contributed by atoms with E-state index in [1.807, 2.05) is 35.5 Å². The van der Waals surface area contributed by atoms with E-state index >= 15 is 0 Å². The Morgan fingerprint density at radius 2 is 1.46 bits per heavy atom. The highest BCUT2D eigenvalue weighted by Gasteiger charge is 2.38. The zero-order valence-electron chi connectivity index (χ0n) is 22.1. The molecule has 2 fully saturated rings. The minimum atomic E-state index is 0.00426. The second-order valence-electron chi connectivity index (χ2n) is 10.6. The van der Waals surface area contributed by atoms with Crippen LogP contribution in [-0.4, -0.2) is 53.1 Å². The molecular weight excluding hydrogens is 506 g/mol. The van der Waals surface area contributed by atoms with Gasteiger partial charge in [0.15, 0.2) is 0 Å². The molecule has 1 aromatic heterocycles. The van der Waals surface area contributed by atoms with Crippen LogP contribution in [-0.2, 0) is 23.3 Å². The zero-order chi connectivity index (χ0) is 26.7. The van der Waals surface area contributed by atoms with Gasteiger partial charge in [0.25, 0.3) is 0 Å². The number of aromatic nitrogens is 2. The third kappa shape index (κ3) is 5.37. The fraction of sp³-hybridized carbons (Fsp3) is 0.312. The molecule has 0 aliphatic carbocycles. The van der Waals surface area contributed by atoms with E-state index < -0.39 is 0 Å². The third-order valence-corrected chi connectivity index (χ3v) is 8.48. The number of halogens is 1. The minimum absolute atomic E-state index is 0.00426. The Labute approximate surface area is 235 Å². The number of piperidine rings is 1. The summed E-state index contributed by atoms with van der Waals surface area (Å²) in [5, 5.41) is 3.91. The lowest BCUT2D eigenvalue weighted by molar-refractivity contribution is -0.118. The van der Waals surface area contributed by atoms with E-state index in [0.29, 0.717) is 19.6 Å². The van der Waals surface area contributed by atoms with E-state index in [4.69, 9.17) is 16.6 Å². The SMILES string of the molecule is O=C1CNCCN1c1c(CN2CCC(c3ccccc3)(c3ccccc3)CC2)ncn1Cc1ccc(Cl)cc1. The van der Waals surface area contributed by atoms with Gasteiger partial charge in [-0.2, -0.15) is 0 Å². The molecule has 0 radical (unpaired) electrons. The molecule has 1 amide bonds. The maximum Gasteiger partial charge on any atom is 0.242 e. The highest BCUT2D eigenvalue weighted by molar-refractivity contribution is 6.30. The van der Waals surface area contributed by atoms with E-state index in [2.05, 4.69) is 75.4 Å². The molecule has 4 aromatic rings. The monoisotopic (exact) mass is 539 g/mol. The molecule has 0 spiro atoms. The quantitative estimate of drug-likeness (QED) is 0.355. The Balaban J connectivity index is 1.26. The maximum absolute atomic E-state index is 13.0. The second-order valence-corrected chi connectivity index (χ2v) is 11.0. The van der Waals surface area contributed by atoms with Crippen molar-refractivity contribution in [1.29, 1.82) is 0 Å². The fourth-order valence-corrected chi connectivity index (χ4v) is 6.26. The molecule has 2 aliphatic rings. The van der Waals surface area contributed by atoms with Crippen LogP contribution in [0.2, 0.25) is 5.02 Å². The summed E-state index contributed by atoms with van der Waals surface area (Å²) >= 11 is 6.11. The maximum atomic E-state index is 13.0. The molecule has 200 valence electrons. The molecule has 6 nitrogen and oxygen atoms in total. The number of rotatable bonds is 7. The Kier molecular flexibility index (Phi) is 7.51. The van der Waals surface area contributed by atoms with Gasteiger partial charge < -0.3 is 9.88 Å². The minimum Gasteiger partial charge on any atom is -0.312 e. The van der Waals surface area contributed by atoms with Gasteiger partial charge in [-0.3, -0.25) is 14.6 Å². The molecule has 0 bridgehead atoms. The molecule has 3 heterocycles. The lowest BCUT2D eigenvalue weighted by Gasteiger charge is -2.43. The molecule has 2 saturated heterocycles. The Morgan fingerprint density at radius 1 is 0.821 bits per heavy atom. The van der Waals surface area contributed by atoms with Gasteiger partial charge in [-0.1, -0.05) is 84.4 Å². The van der Waals surface area contributed by atoms with Crippen LogP contribution in [0.3, 0.4) is 0 Å². The highest BCUT2D eigenvalue weighted by atomic mass is 35.5. The number of anilines is 1. The van der Waals surface area contributed by atoms with E-state index in [0.717, 1.165) is 61.1 Å². The number of imidazole rings is 1. The number of likely N-dealkylation sites (tertiary alicyclic amines) is 1. The molecule has 3 aromatic carbocycles. The lowest BCUT2D eigenvalue weighted by atomic mass is 9.68. The fourth-order valence-electron chi connectivity index (χ4n) is 6.14. The summed E-state index contributed by atoms with van der Waals surface area (Å²) in [7, 11) is 0. The van der Waals surface area contributed by atoms with Crippen LogP contribution < -0.4 is 10.2 Å². The van der Waals surface area contributed by atoms with Crippen molar-refractivity contribution in [3.63, 3.8) is 0 Å². The number of hydrogen-bond acceptors (Lipinski definition) is 4. The second kappa shape index (κ2) is 11.3. The summed E-state index contributed by atoms with van der Waals surface area (Å²) < 4.78 is 2.12. The van der Waals surface area contributed by atoms with Gasteiger partial charge in [-0.15, -0.1) is 0 Å². The smallest absolute Gasteiger partial charge is 0.242 e. The van der Waals surface area contributed by atoms with Crippen molar-refractivity contribution in [2.24, 2.45) is 0 Å². The number of piperazine rings is 1. The van der Waals surface area contributed by atoms with Gasteiger partial charge in [-0.05, 0) is 54.8 Å². The summed E-state index contributed by atoms with van der Waals surface area (Å²) in [6.45, 7) is 5.06. The molecular formula is C32H34ClN5O. The van der Waals surface area contributed by atoms with Gasteiger partial charge >= 0.3 is 0 Å². The predicted molar refractivity (Wildman–Crippen MR) is 156 cm³/mol. The molecule has 0 atom stereocenters. The number of benzene rings is 3. The first-order valence-electron chi connectivity index (χ1n) is 13.8. The number of nitrogens with zero attached hydrogens (tertiary/aromatic N) is 4. The summed E-state index contributed by atoms with van der Waals surface area (Å²) in [6.07, 6.45) is 3.96. The summed E-state index contributed by atoms with van der Waals surface area (Å²) in [6, 6.07) is 29.8. The van der Waals surface area contributed by atoms with Gasteiger partial charge in [0.1, 0.15) is 5.82 Å². The predicted octanol–water partition coefficient (Wildman–Crippen LogP) is 5.10. The summed E-state index contributed by atoms with van der Waals surface area (Å²) in [4.78, 5) is 22.3. The van der Waals surface area contributed by atoms with Crippen LogP contribution in [0.5, 0.6) is 0 Å². The van der Waals surface area contributed by atoms with Crippen molar-refractivity contribution in [2.75, 3.05) is 37.6 Å². The number of carbonyl (C=O) groups excluding carboxylic acids is 1. The van der Waals surface area contributed by atoms with E-state index in [1.54, 1.807) is 0 Å². The Hall–Kier alpha value is -3.45. The summed E-state index contributed by atoms with van der Waals surface area (Å²) in [5.41, 5.74) is 4.86. The van der Waals surface area contributed by atoms with Crippen LogP contribution in [0.1, 0.15) is 35.2 Å². The van der Waals surface area contributed by atoms with Gasteiger partial charge in [0, 0.05) is 30.1 Å². The van der Waals surface area contributed by atoms with Gasteiger partial charge in [0.2, 0.25) is 5.91 Å². The first-order valence-corrected chi connectivity index (χ1v) is 14.1. The standard InChI is InChI=1S/C32H34ClN5O/c33-28-13-11-25(12-14-28)22-37-24-35-29(31(37)38-20-17-34-21-30(38)39)23-36-18-15-32(16-19-36,26-7-3-1-4-8-26)27-9-5-2-6-10-27/h1-14,24,34H,15-23H2. The molecule has 0 unspecified atom stereocenters. The largest absolute Gasteiger partial charge is 0.312 e. The number of hydrogen-bond donors (Lipinski definition) is 1.